The second-order valence-electron chi connectivity index (χ2n) is 6.11. The van der Waals surface area contributed by atoms with Crippen molar-refractivity contribution in [1.29, 1.82) is 0 Å². The molecule has 1 N–H and O–H groups in total. The quantitative estimate of drug-likeness (QED) is 0.765. The van der Waals surface area contributed by atoms with E-state index in [1.807, 2.05) is 13.0 Å². The lowest BCUT2D eigenvalue weighted by atomic mass is 10.1. The number of amides is 1. The molecule has 0 aliphatic carbocycles. The standard InChI is InChI=1S/C19H22N2O5S/c1-13-7-5-10-17(14(13)2)21(27(4,24)25)12-18(22)20-16-9-6-8-15(11-16)19(23)26-3/h5-11H,12H2,1-4H3,(H,20,22). The highest BCUT2D eigenvalue weighted by molar-refractivity contribution is 7.92. The molecule has 8 heteroatoms. The van der Waals surface area contributed by atoms with Crippen molar-refractivity contribution in [3.63, 3.8) is 0 Å². The van der Waals surface area contributed by atoms with Gasteiger partial charge in [-0.25, -0.2) is 13.2 Å². The summed E-state index contributed by atoms with van der Waals surface area (Å²) in [7, 11) is -2.41. The molecule has 0 saturated carbocycles. The summed E-state index contributed by atoms with van der Waals surface area (Å²) >= 11 is 0. The van der Waals surface area contributed by atoms with Crippen molar-refractivity contribution < 1.29 is 22.7 Å². The van der Waals surface area contributed by atoms with Gasteiger partial charge >= 0.3 is 5.97 Å². The highest BCUT2D eigenvalue weighted by Crippen LogP contribution is 2.25. The SMILES string of the molecule is COC(=O)c1cccc(NC(=O)CN(c2cccc(C)c2C)S(C)(=O)=O)c1. The Morgan fingerprint density at radius 1 is 1.11 bits per heavy atom. The van der Waals surface area contributed by atoms with Crippen LogP contribution in [-0.2, 0) is 19.6 Å². The monoisotopic (exact) mass is 390 g/mol. The zero-order valence-electron chi connectivity index (χ0n) is 15.6. The lowest BCUT2D eigenvalue weighted by molar-refractivity contribution is -0.114. The predicted molar refractivity (Wildman–Crippen MR) is 105 cm³/mol. The number of hydrogen-bond acceptors (Lipinski definition) is 5. The summed E-state index contributed by atoms with van der Waals surface area (Å²) in [4.78, 5) is 24.0. The summed E-state index contributed by atoms with van der Waals surface area (Å²) in [6.45, 7) is 3.30. The second-order valence-corrected chi connectivity index (χ2v) is 8.02. The first kappa shape index (κ1) is 20.4. The third-order valence-corrected chi connectivity index (χ3v) is 5.23. The fourth-order valence-electron chi connectivity index (χ4n) is 2.56. The van der Waals surface area contributed by atoms with Gasteiger partial charge in [-0.15, -0.1) is 0 Å². The molecule has 0 spiro atoms. The average Bonchev–Trinajstić information content (AvgIpc) is 2.61. The van der Waals surface area contributed by atoms with Gasteiger partial charge in [-0.3, -0.25) is 9.10 Å². The molecule has 0 unspecified atom stereocenters. The first-order valence-electron chi connectivity index (χ1n) is 8.15. The Hall–Kier alpha value is -2.87. The maximum atomic E-state index is 12.5. The molecule has 7 nitrogen and oxygen atoms in total. The van der Waals surface area contributed by atoms with Gasteiger partial charge < -0.3 is 10.1 Å². The van der Waals surface area contributed by atoms with Crippen LogP contribution >= 0.6 is 0 Å². The van der Waals surface area contributed by atoms with Crippen LogP contribution in [0.4, 0.5) is 11.4 Å². The number of esters is 1. The van der Waals surface area contributed by atoms with E-state index in [9.17, 15) is 18.0 Å². The number of carbonyl (C=O) groups is 2. The van der Waals surface area contributed by atoms with Crippen molar-refractivity contribution in [2.24, 2.45) is 0 Å². The molecule has 2 aromatic carbocycles. The number of carbonyl (C=O) groups excluding carboxylic acids is 2. The summed E-state index contributed by atoms with van der Waals surface area (Å²) in [6.07, 6.45) is 1.06. The number of nitrogens with one attached hydrogen (secondary N) is 1. The summed E-state index contributed by atoms with van der Waals surface area (Å²) < 4.78 is 30.2. The van der Waals surface area contributed by atoms with Crippen LogP contribution in [0.25, 0.3) is 0 Å². The maximum absolute atomic E-state index is 12.5. The van der Waals surface area contributed by atoms with Gasteiger partial charge in [0.25, 0.3) is 0 Å². The molecule has 0 bridgehead atoms. The number of ether oxygens (including phenoxy) is 1. The summed E-state index contributed by atoms with van der Waals surface area (Å²) in [5.41, 5.74) is 2.81. The molecule has 0 atom stereocenters. The number of benzene rings is 2. The third kappa shape index (κ3) is 5.07. The molecule has 0 aliphatic heterocycles. The van der Waals surface area contributed by atoms with Crippen LogP contribution in [0.2, 0.25) is 0 Å². The number of methoxy groups -OCH3 is 1. The number of sulfonamides is 1. The van der Waals surface area contributed by atoms with Crippen molar-refractivity contribution >= 4 is 33.3 Å². The summed E-state index contributed by atoms with van der Waals surface area (Å²) in [5.74, 6) is -1.05. The summed E-state index contributed by atoms with van der Waals surface area (Å²) in [6, 6.07) is 11.5. The zero-order valence-corrected chi connectivity index (χ0v) is 16.5. The minimum absolute atomic E-state index is 0.282. The lowest BCUT2D eigenvalue weighted by Gasteiger charge is -2.24. The molecule has 0 radical (unpaired) electrons. The van der Waals surface area contributed by atoms with Crippen LogP contribution in [0.1, 0.15) is 21.5 Å². The second kappa shape index (κ2) is 8.22. The Bertz CT molecular complexity index is 970. The number of rotatable bonds is 6. The molecule has 0 saturated heterocycles. The first-order chi connectivity index (χ1) is 12.6. The van der Waals surface area contributed by atoms with Gasteiger partial charge in [-0.2, -0.15) is 0 Å². The van der Waals surface area contributed by atoms with Crippen LogP contribution < -0.4 is 9.62 Å². The molecule has 0 aromatic heterocycles. The van der Waals surface area contributed by atoms with Gasteiger partial charge in [0.2, 0.25) is 15.9 Å². The van der Waals surface area contributed by atoms with Crippen LogP contribution in [0.5, 0.6) is 0 Å². The van der Waals surface area contributed by atoms with E-state index in [1.54, 1.807) is 37.3 Å². The molecule has 0 heterocycles. The third-order valence-electron chi connectivity index (χ3n) is 4.10. The number of nitrogens with zero attached hydrogens (tertiary/aromatic N) is 1. The van der Waals surface area contributed by atoms with E-state index in [2.05, 4.69) is 10.1 Å². The Morgan fingerprint density at radius 2 is 1.78 bits per heavy atom. The topological polar surface area (TPSA) is 92.8 Å². The molecule has 2 aromatic rings. The zero-order chi connectivity index (χ0) is 20.2. The Balaban J connectivity index is 2.25. The van der Waals surface area contributed by atoms with Crippen LogP contribution in [-0.4, -0.2) is 40.2 Å². The van der Waals surface area contributed by atoms with Crippen LogP contribution in [0.3, 0.4) is 0 Å². The number of aryl methyl sites for hydroxylation is 1. The van der Waals surface area contributed by atoms with Gasteiger partial charge in [-0.05, 0) is 49.2 Å². The van der Waals surface area contributed by atoms with Gasteiger partial charge in [0.05, 0.1) is 24.6 Å². The van der Waals surface area contributed by atoms with Crippen LogP contribution in [0.15, 0.2) is 42.5 Å². The predicted octanol–water partition coefficient (Wildman–Crippen LogP) is 2.49. The van der Waals surface area contributed by atoms with E-state index >= 15 is 0 Å². The maximum Gasteiger partial charge on any atom is 0.337 e. The Morgan fingerprint density at radius 3 is 2.41 bits per heavy atom. The minimum atomic E-state index is -3.67. The Labute approximate surface area is 159 Å². The van der Waals surface area contributed by atoms with Gasteiger partial charge in [0.1, 0.15) is 6.54 Å². The highest BCUT2D eigenvalue weighted by atomic mass is 32.2. The van der Waals surface area contributed by atoms with Crippen molar-refractivity contribution in [3.8, 4) is 0 Å². The van der Waals surface area contributed by atoms with Crippen molar-refractivity contribution in [1.82, 2.24) is 0 Å². The fourth-order valence-corrected chi connectivity index (χ4v) is 3.47. The van der Waals surface area contributed by atoms with Crippen molar-refractivity contribution in [2.45, 2.75) is 13.8 Å². The lowest BCUT2D eigenvalue weighted by Crippen LogP contribution is -2.38. The molecule has 0 fully saturated rings. The van der Waals surface area contributed by atoms with Gasteiger partial charge in [-0.1, -0.05) is 18.2 Å². The van der Waals surface area contributed by atoms with Gasteiger partial charge in [0.15, 0.2) is 0 Å². The first-order valence-corrected chi connectivity index (χ1v) is 10.0. The fraction of sp³-hybridized carbons (Fsp3) is 0.263. The minimum Gasteiger partial charge on any atom is -0.465 e. The largest absolute Gasteiger partial charge is 0.465 e. The molecule has 2 rings (SSSR count). The van der Waals surface area contributed by atoms with E-state index in [-0.39, 0.29) is 12.1 Å². The van der Waals surface area contributed by atoms with E-state index in [0.29, 0.717) is 11.4 Å². The molecule has 0 aliphatic rings. The van der Waals surface area contributed by atoms with E-state index < -0.39 is 21.9 Å². The molecule has 144 valence electrons. The van der Waals surface area contributed by atoms with Crippen molar-refractivity contribution in [3.05, 3.63) is 59.2 Å². The van der Waals surface area contributed by atoms with E-state index in [1.165, 1.54) is 13.2 Å². The molecule has 1 amide bonds. The number of anilines is 2. The smallest absolute Gasteiger partial charge is 0.337 e. The normalized spacial score (nSPS) is 11.0. The molecular weight excluding hydrogens is 368 g/mol. The summed E-state index contributed by atoms with van der Waals surface area (Å²) in [5, 5.41) is 2.61. The number of hydrogen-bond donors (Lipinski definition) is 1. The van der Waals surface area contributed by atoms with Gasteiger partial charge in [0, 0.05) is 5.69 Å². The average molecular weight is 390 g/mol. The van der Waals surface area contributed by atoms with Crippen LogP contribution in [0, 0.1) is 13.8 Å². The molecular formula is C19H22N2O5S. The Kier molecular flexibility index (Phi) is 6.22. The highest BCUT2D eigenvalue weighted by Gasteiger charge is 2.23. The molecule has 27 heavy (non-hydrogen) atoms. The van der Waals surface area contributed by atoms with E-state index in [0.717, 1.165) is 21.7 Å². The van der Waals surface area contributed by atoms with Crippen molar-refractivity contribution in [2.75, 3.05) is 29.5 Å². The van der Waals surface area contributed by atoms with E-state index in [4.69, 9.17) is 0 Å².